The average Bonchev–Trinajstić information content (AvgIpc) is 3.07. The minimum atomic E-state index is -0.616. The maximum Gasteiger partial charge on any atom is 0.412 e. The second-order valence-corrected chi connectivity index (χ2v) is 8.41. The summed E-state index contributed by atoms with van der Waals surface area (Å²) in [6, 6.07) is 5.98. The van der Waals surface area contributed by atoms with Crippen LogP contribution >= 0.6 is 0 Å². The van der Waals surface area contributed by atoms with Crippen LogP contribution in [0.25, 0.3) is 0 Å². The van der Waals surface area contributed by atoms with Crippen molar-refractivity contribution >= 4 is 6.09 Å². The van der Waals surface area contributed by atoms with Gasteiger partial charge in [0.2, 0.25) is 0 Å². The van der Waals surface area contributed by atoms with Crippen LogP contribution in [-0.2, 0) is 20.6 Å². The minimum Gasteiger partial charge on any atom is -0.493 e. The molecule has 2 rings (SSSR count). The van der Waals surface area contributed by atoms with Crippen LogP contribution in [0.15, 0.2) is 18.2 Å². The second kappa shape index (κ2) is 11.4. The van der Waals surface area contributed by atoms with Crippen molar-refractivity contribution in [3.05, 3.63) is 23.8 Å². The quantitative estimate of drug-likeness (QED) is 0.499. The molecular weight excluding hydrogens is 386 g/mol. The van der Waals surface area contributed by atoms with E-state index < -0.39 is 5.72 Å². The van der Waals surface area contributed by atoms with Crippen molar-refractivity contribution in [2.75, 3.05) is 47.2 Å². The molecule has 30 heavy (non-hydrogen) atoms. The molecule has 0 aromatic heterocycles. The summed E-state index contributed by atoms with van der Waals surface area (Å²) in [7, 11) is 3.31. The summed E-state index contributed by atoms with van der Waals surface area (Å²) >= 11 is 0. The van der Waals surface area contributed by atoms with E-state index in [9.17, 15) is 4.79 Å². The molecule has 1 aliphatic rings. The molecule has 1 atom stereocenters. The third-order valence-corrected chi connectivity index (χ3v) is 5.48. The lowest BCUT2D eigenvalue weighted by Gasteiger charge is -2.30. The second-order valence-electron chi connectivity index (χ2n) is 8.41. The summed E-state index contributed by atoms with van der Waals surface area (Å²) in [5, 5.41) is 0. The van der Waals surface area contributed by atoms with Crippen LogP contribution in [0.5, 0.6) is 11.5 Å². The fraction of sp³-hybridized carbons (Fsp3) is 0.696. The molecule has 7 nitrogen and oxygen atoms in total. The van der Waals surface area contributed by atoms with E-state index in [0.29, 0.717) is 44.6 Å². The Kier molecular flexibility index (Phi) is 9.24. The summed E-state index contributed by atoms with van der Waals surface area (Å²) in [4.78, 5) is 14.2. The van der Waals surface area contributed by atoms with Crippen LogP contribution in [-0.4, -0.2) is 63.9 Å². The van der Waals surface area contributed by atoms with E-state index in [1.807, 2.05) is 32.0 Å². The van der Waals surface area contributed by atoms with Crippen LogP contribution < -0.4 is 9.47 Å². The Balaban J connectivity index is 1.99. The molecule has 0 radical (unpaired) electrons. The molecule has 1 heterocycles. The lowest BCUT2D eigenvalue weighted by molar-refractivity contribution is -0.0475. The largest absolute Gasteiger partial charge is 0.493 e. The van der Waals surface area contributed by atoms with Crippen molar-refractivity contribution in [3.63, 3.8) is 0 Å². The van der Waals surface area contributed by atoms with Crippen LogP contribution in [0.4, 0.5) is 4.79 Å². The number of nitrogens with zero attached hydrogens (tertiary/aromatic N) is 1. The average molecular weight is 424 g/mol. The number of amides is 1. The highest BCUT2D eigenvalue weighted by Crippen LogP contribution is 2.30. The third kappa shape index (κ3) is 6.77. The molecule has 0 unspecified atom stereocenters. The Bertz CT molecular complexity index is 676. The molecule has 0 aliphatic carbocycles. The molecule has 170 valence electrons. The first kappa shape index (κ1) is 24.3. The zero-order valence-electron chi connectivity index (χ0n) is 19.2. The third-order valence-electron chi connectivity index (χ3n) is 5.48. The van der Waals surface area contributed by atoms with Gasteiger partial charge in [0.15, 0.2) is 11.5 Å². The molecular formula is C23H37NO6. The van der Waals surface area contributed by atoms with Crippen molar-refractivity contribution in [1.29, 1.82) is 0 Å². The molecule has 1 aliphatic heterocycles. The van der Waals surface area contributed by atoms with Crippen molar-refractivity contribution in [2.45, 2.75) is 46.3 Å². The summed E-state index contributed by atoms with van der Waals surface area (Å²) in [5.74, 6) is 1.98. The van der Waals surface area contributed by atoms with E-state index in [0.717, 1.165) is 24.2 Å². The Morgan fingerprint density at radius 3 is 2.57 bits per heavy atom. The van der Waals surface area contributed by atoms with E-state index in [1.165, 1.54) is 0 Å². The smallest absolute Gasteiger partial charge is 0.412 e. The molecule has 0 bridgehead atoms. The van der Waals surface area contributed by atoms with E-state index in [2.05, 4.69) is 13.8 Å². The fourth-order valence-corrected chi connectivity index (χ4v) is 3.44. The fourth-order valence-electron chi connectivity index (χ4n) is 3.44. The van der Waals surface area contributed by atoms with Crippen LogP contribution in [0.1, 0.15) is 39.7 Å². The van der Waals surface area contributed by atoms with Gasteiger partial charge in [0.1, 0.15) is 5.72 Å². The maximum atomic E-state index is 12.5. The zero-order chi connectivity index (χ0) is 22.1. The standard InChI is InChI=1S/C23H37NO6/c1-17(2)19(16-29-22(25)24-10-13-30-23(24,3)4)14-18-8-9-20(27-6)21(15-18)28-12-7-11-26-5/h8-9,15,17,19H,7,10-14,16H2,1-6H3/t19-/m1/s1. The van der Waals surface area contributed by atoms with Gasteiger partial charge < -0.3 is 23.7 Å². The van der Waals surface area contributed by atoms with Gasteiger partial charge in [0, 0.05) is 20.1 Å². The number of hydrogen-bond acceptors (Lipinski definition) is 6. The van der Waals surface area contributed by atoms with E-state index in [4.69, 9.17) is 23.7 Å². The molecule has 1 aromatic carbocycles. The maximum absolute atomic E-state index is 12.5. The zero-order valence-corrected chi connectivity index (χ0v) is 19.2. The first-order valence-electron chi connectivity index (χ1n) is 10.7. The number of carbonyl (C=O) groups is 1. The normalized spacial score (nSPS) is 16.6. The van der Waals surface area contributed by atoms with Gasteiger partial charge >= 0.3 is 6.09 Å². The van der Waals surface area contributed by atoms with E-state index in [-0.39, 0.29) is 12.0 Å². The van der Waals surface area contributed by atoms with Crippen molar-refractivity contribution < 1.29 is 28.5 Å². The Hall–Kier alpha value is -1.99. The molecule has 0 N–H and O–H groups in total. The van der Waals surface area contributed by atoms with Gasteiger partial charge in [-0.15, -0.1) is 0 Å². The molecule has 0 saturated carbocycles. The highest BCUT2D eigenvalue weighted by Gasteiger charge is 2.38. The molecule has 1 amide bonds. The van der Waals surface area contributed by atoms with E-state index in [1.54, 1.807) is 19.1 Å². The number of benzene rings is 1. The first-order valence-corrected chi connectivity index (χ1v) is 10.7. The van der Waals surface area contributed by atoms with Gasteiger partial charge in [-0.05, 0) is 49.8 Å². The lowest BCUT2D eigenvalue weighted by Crippen LogP contribution is -2.44. The molecule has 1 aromatic rings. The lowest BCUT2D eigenvalue weighted by atomic mass is 9.90. The highest BCUT2D eigenvalue weighted by molar-refractivity contribution is 5.68. The predicted molar refractivity (Wildman–Crippen MR) is 115 cm³/mol. The first-order chi connectivity index (χ1) is 14.3. The Morgan fingerprint density at radius 1 is 1.20 bits per heavy atom. The van der Waals surface area contributed by atoms with Crippen molar-refractivity contribution in [1.82, 2.24) is 4.90 Å². The number of hydrogen-bond donors (Lipinski definition) is 0. The molecule has 1 fully saturated rings. The van der Waals surface area contributed by atoms with Gasteiger partial charge in [0.05, 0.1) is 33.5 Å². The minimum absolute atomic E-state index is 0.190. The van der Waals surface area contributed by atoms with Gasteiger partial charge in [-0.1, -0.05) is 19.9 Å². The van der Waals surface area contributed by atoms with E-state index >= 15 is 0 Å². The summed E-state index contributed by atoms with van der Waals surface area (Å²) in [5.41, 5.74) is 0.507. The van der Waals surface area contributed by atoms with Gasteiger partial charge in [-0.2, -0.15) is 0 Å². The van der Waals surface area contributed by atoms with Gasteiger partial charge in [0.25, 0.3) is 0 Å². The number of ether oxygens (including phenoxy) is 5. The van der Waals surface area contributed by atoms with Crippen LogP contribution in [0, 0.1) is 11.8 Å². The molecule has 1 saturated heterocycles. The molecule has 0 spiro atoms. The SMILES string of the molecule is COCCCOc1cc(C[C@H](COC(=O)N2CCOC2(C)C)C(C)C)ccc1OC. The summed E-state index contributed by atoms with van der Waals surface area (Å²) in [6.45, 7) is 10.7. The van der Waals surface area contributed by atoms with Crippen LogP contribution in [0.2, 0.25) is 0 Å². The monoisotopic (exact) mass is 423 g/mol. The molecule has 7 heteroatoms. The highest BCUT2D eigenvalue weighted by atomic mass is 16.6. The number of rotatable bonds is 11. The topological polar surface area (TPSA) is 66.5 Å². The Labute approximate surface area is 180 Å². The summed E-state index contributed by atoms with van der Waals surface area (Å²) < 4.78 is 27.6. The van der Waals surface area contributed by atoms with Crippen molar-refractivity contribution in [2.24, 2.45) is 11.8 Å². The number of methoxy groups -OCH3 is 2. The number of carbonyl (C=O) groups excluding carboxylic acids is 1. The predicted octanol–water partition coefficient (Wildman–Crippen LogP) is 4.13. The van der Waals surface area contributed by atoms with Gasteiger partial charge in [-0.25, -0.2) is 4.79 Å². The van der Waals surface area contributed by atoms with Gasteiger partial charge in [-0.3, -0.25) is 4.90 Å². The Morgan fingerprint density at radius 2 is 1.97 bits per heavy atom. The van der Waals surface area contributed by atoms with Crippen LogP contribution in [0.3, 0.4) is 0 Å². The summed E-state index contributed by atoms with van der Waals surface area (Å²) in [6.07, 6.45) is 1.27. The van der Waals surface area contributed by atoms with Crippen molar-refractivity contribution in [3.8, 4) is 11.5 Å².